The second-order valence-electron chi connectivity index (χ2n) is 8.02. The normalized spacial score (nSPS) is 18.1. The van der Waals surface area contributed by atoms with Gasteiger partial charge in [0.25, 0.3) is 0 Å². The predicted molar refractivity (Wildman–Crippen MR) is 119 cm³/mol. The van der Waals surface area contributed by atoms with Crippen molar-refractivity contribution in [3.05, 3.63) is 72.2 Å². The molecule has 5 rings (SSSR count). The van der Waals surface area contributed by atoms with Crippen LogP contribution in [0.5, 0.6) is 0 Å². The van der Waals surface area contributed by atoms with E-state index in [1.807, 2.05) is 25.3 Å². The number of ether oxygens (including phenoxy) is 1. The van der Waals surface area contributed by atoms with E-state index < -0.39 is 0 Å². The molecule has 0 N–H and O–H groups in total. The lowest BCUT2D eigenvalue weighted by Gasteiger charge is -2.31. The smallest absolute Gasteiger partial charge is 0.152 e. The summed E-state index contributed by atoms with van der Waals surface area (Å²) in [5.41, 5.74) is 4.30. The zero-order valence-electron chi connectivity index (χ0n) is 18.2. The SMILES string of the molecule is Cc1cc(C=O)c(-n2nccn2)c(N2[C@H](C)CO[C@H]2Cn2cc(-c3ccc(F)cn3)cn2)c1. The fourth-order valence-electron chi connectivity index (χ4n) is 4.15. The highest BCUT2D eigenvalue weighted by molar-refractivity contribution is 5.87. The summed E-state index contributed by atoms with van der Waals surface area (Å²) < 4.78 is 21.1. The van der Waals surface area contributed by atoms with Crippen molar-refractivity contribution in [2.24, 2.45) is 0 Å². The number of hydrogen-bond donors (Lipinski definition) is 0. The number of benzene rings is 1. The van der Waals surface area contributed by atoms with E-state index in [2.05, 4.69) is 32.1 Å². The summed E-state index contributed by atoms with van der Waals surface area (Å²) in [7, 11) is 0. The van der Waals surface area contributed by atoms with Gasteiger partial charge in [-0.3, -0.25) is 14.5 Å². The molecular formula is C23H22FN7O2. The Labute approximate surface area is 189 Å². The number of rotatable bonds is 6. The van der Waals surface area contributed by atoms with Gasteiger partial charge < -0.3 is 9.64 Å². The Hall–Kier alpha value is -3.92. The van der Waals surface area contributed by atoms with Crippen LogP contribution in [0.4, 0.5) is 10.1 Å². The van der Waals surface area contributed by atoms with Gasteiger partial charge >= 0.3 is 0 Å². The molecular weight excluding hydrogens is 425 g/mol. The standard InChI is InChI=1S/C23H22FN7O2/c1-15-7-17(13-32)23(31-26-5-6-27-31)21(8-15)30-16(2)14-33-22(30)12-29-11-18(9-28-29)20-4-3-19(24)10-25-20/h3-11,13,16,22H,12,14H2,1-2H3/t16-,22+/m1/s1. The van der Waals surface area contributed by atoms with Crippen LogP contribution < -0.4 is 4.90 Å². The van der Waals surface area contributed by atoms with E-state index in [0.717, 1.165) is 23.1 Å². The molecule has 1 aliphatic rings. The first-order chi connectivity index (χ1) is 16.0. The lowest BCUT2D eigenvalue weighted by atomic mass is 10.1. The average molecular weight is 447 g/mol. The topological polar surface area (TPSA) is 91.0 Å². The van der Waals surface area contributed by atoms with Crippen LogP contribution >= 0.6 is 0 Å². The summed E-state index contributed by atoms with van der Waals surface area (Å²) in [4.78, 5) is 19.6. The van der Waals surface area contributed by atoms with E-state index in [1.165, 1.54) is 17.1 Å². The molecule has 1 aliphatic heterocycles. The van der Waals surface area contributed by atoms with Gasteiger partial charge in [-0.2, -0.15) is 15.3 Å². The van der Waals surface area contributed by atoms with Crippen LogP contribution in [0.1, 0.15) is 22.8 Å². The molecule has 0 amide bonds. The Morgan fingerprint density at radius 3 is 2.73 bits per heavy atom. The van der Waals surface area contributed by atoms with Crippen LogP contribution in [0.25, 0.3) is 16.9 Å². The minimum Gasteiger partial charge on any atom is -0.354 e. The monoisotopic (exact) mass is 447 g/mol. The Balaban J connectivity index is 1.49. The Kier molecular flexibility index (Phi) is 5.43. The van der Waals surface area contributed by atoms with Crippen LogP contribution in [0.3, 0.4) is 0 Å². The highest BCUT2D eigenvalue weighted by atomic mass is 19.1. The van der Waals surface area contributed by atoms with Crippen LogP contribution in [-0.2, 0) is 11.3 Å². The molecule has 0 aliphatic carbocycles. The molecule has 0 unspecified atom stereocenters. The molecule has 3 aromatic heterocycles. The van der Waals surface area contributed by atoms with Crippen molar-refractivity contribution in [3.8, 4) is 16.9 Å². The zero-order valence-corrected chi connectivity index (χ0v) is 18.2. The van der Waals surface area contributed by atoms with E-state index >= 15 is 0 Å². The molecule has 0 bridgehead atoms. The van der Waals surface area contributed by atoms with E-state index in [9.17, 15) is 9.18 Å². The van der Waals surface area contributed by atoms with Gasteiger partial charge in [-0.1, -0.05) is 0 Å². The Morgan fingerprint density at radius 2 is 2.00 bits per heavy atom. The molecule has 1 saturated heterocycles. The van der Waals surface area contributed by atoms with Gasteiger partial charge in [-0.25, -0.2) is 4.39 Å². The third-order valence-electron chi connectivity index (χ3n) is 5.60. The maximum absolute atomic E-state index is 13.2. The number of anilines is 1. The molecule has 9 nitrogen and oxygen atoms in total. The number of carbonyl (C=O) groups excluding carboxylic acids is 1. The quantitative estimate of drug-likeness (QED) is 0.420. The predicted octanol–water partition coefficient (Wildman–Crippen LogP) is 3.04. The fourth-order valence-corrected chi connectivity index (χ4v) is 4.15. The van der Waals surface area contributed by atoms with E-state index in [4.69, 9.17) is 4.74 Å². The molecule has 1 fully saturated rings. The van der Waals surface area contributed by atoms with Gasteiger partial charge in [-0.15, -0.1) is 4.80 Å². The number of aldehydes is 1. The fraction of sp³-hybridized carbons (Fsp3) is 0.261. The summed E-state index contributed by atoms with van der Waals surface area (Å²) in [5, 5.41) is 13.0. The number of carbonyl (C=O) groups is 1. The van der Waals surface area contributed by atoms with Crippen LogP contribution in [0, 0.1) is 12.7 Å². The summed E-state index contributed by atoms with van der Waals surface area (Å²) in [6, 6.07) is 6.88. The maximum atomic E-state index is 13.2. The molecule has 10 heteroatoms. The minimum atomic E-state index is -0.384. The zero-order chi connectivity index (χ0) is 22.9. The van der Waals surface area contributed by atoms with Crippen molar-refractivity contribution in [1.82, 2.24) is 29.8 Å². The van der Waals surface area contributed by atoms with Crippen molar-refractivity contribution in [3.63, 3.8) is 0 Å². The van der Waals surface area contributed by atoms with E-state index in [0.29, 0.717) is 30.1 Å². The van der Waals surface area contributed by atoms with Gasteiger partial charge in [0.05, 0.1) is 55.4 Å². The summed E-state index contributed by atoms with van der Waals surface area (Å²) in [5.74, 6) is -0.384. The second-order valence-corrected chi connectivity index (χ2v) is 8.02. The van der Waals surface area contributed by atoms with Gasteiger partial charge in [0.15, 0.2) is 6.29 Å². The first-order valence-electron chi connectivity index (χ1n) is 10.5. The lowest BCUT2D eigenvalue weighted by molar-refractivity contribution is 0.0938. The first kappa shape index (κ1) is 21.0. The van der Waals surface area contributed by atoms with E-state index in [-0.39, 0.29) is 18.1 Å². The highest BCUT2D eigenvalue weighted by Crippen LogP contribution is 2.34. The molecule has 1 aromatic carbocycles. The first-order valence-corrected chi connectivity index (χ1v) is 10.5. The van der Waals surface area contributed by atoms with Crippen LogP contribution in [0.15, 0.2) is 55.2 Å². The number of aryl methyl sites for hydroxylation is 1. The molecule has 2 atom stereocenters. The Morgan fingerprint density at radius 1 is 1.18 bits per heavy atom. The molecule has 168 valence electrons. The number of pyridine rings is 1. The summed E-state index contributed by atoms with van der Waals surface area (Å²) in [6.07, 6.45) is 8.38. The van der Waals surface area contributed by atoms with Crippen LogP contribution in [0.2, 0.25) is 0 Å². The number of hydrogen-bond acceptors (Lipinski definition) is 7. The second kappa shape index (κ2) is 8.55. The molecule has 4 heterocycles. The van der Waals surface area contributed by atoms with Gasteiger partial charge in [0, 0.05) is 17.3 Å². The maximum Gasteiger partial charge on any atom is 0.152 e. The lowest BCUT2D eigenvalue weighted by Crippen LogP contribution is -2.39. The summed E-state index contributed by atoms with van der Waals surface area (Å²) in [6.45, 7) is 4.99. The summed E-state index contributed by atoms with van der Waals surface area (Å²) >= 11 is 0. The number of halogens is 1. The largest absolute Gasteiger partial charge is 0.354 e. The number of aromatic nitrogens is 6. The minimum absolute atomic E-state index is 0.0550. The molecule has 0 radical (unpaired) electrons. The van der Waals surface area contributed by atoms with Gasteiger partial charge in [0.1, 0.15) is 17.7 Å². The molecule has 4 aromatic rings. The van der Waals surface area contributed by atoms with Crippen molar-refractivity contribution < 1.29 is 13.9 Å². The van der Waals surface area contributed by atoms with Crippen molar-refractivity contribution in [1.29, 1.82) is 0 Å². The third-order valence-corrected chi connectivity index (χ3v) is 5.60. The van der Waals surface area contributed by atoms with Crippen LogP contribution in [-0.4, -0.2) is 54.9 Å². The average Bonchev–Trinajstić information content (AvgIpc) is 3.56. The van der Waals surface area contributed by atoms with Gasteiger partial charge in [-0.05, 0) is 43.7 Å². The van der Waals surface area contributed by atoms with E-state index in [1.54, 1.807) is 29.3 Å². The molecule has 0 spiro atoms. The van der Waals surface area contributed by atoms with Crippen molar-refractivity contribution in [2.75, 3.05) is 11.5 Å². The molecule has 33 heavy (non-hydrogen) atoms. The molecule has 0 saturated carbocycles. The highest BCUT2D eigenvalue weighted by Gasteiger charge is 2.35. The number of nitrogens with zero attached hydrogens (tertiary/aromatic N) is 7. The van der Waals surface area contributed by atoms with Crippen molar-refractivity contribution in [2.45, 2.75) is 32.7 Å². The van der Waals surface area contributed by atoms with Crippen molar-refractivity contribution >= 4 is 12.0 Å². The third kappa shape index (κ3) is 4.00. The Bertz CT molecular complexity index is 1270. The van der Waals surface area contributed by atoms with Gasteiger partial charge in [0.2, 0.25) is 0 Å².